The van der Waals surface area contributed by atoms with E-state index in [1.807, 2.05) is 22.9 Å². The van der Waals surface area contributed by atoms with Crippen molar-refractivity contribution < 1.29 is 0 Å². The predicted molar refractivity (Wildman–Crippen MR) is 116 cm³/mol. The lowest BCUT2D eigenvalue weighted by atomic mass is 9.70. The highest BCUT2D eigenvalue weighted by Gasteiger charge is 2.33. The van der Waals surface area contributed by atoms with Gasteiger partial charge < -0.3 is 0 Å². The standard InChI is InChI=1S/C20H23BrN6S/c1-5-20(2,3)11-6-7-12-14(8-11)28-19-15(12)18-24-17(25-27(18)10-22-19)16-13(21)9-23-26(16)4/h9-11H,5-8H2,1-4H3. The summed E-state index contributed by atoms with van der Waals surface area (Å²) in [5.41, 5.74) is 3.60. The van der Waals surface area contributed by atoms with Gasteiger partial charge >= 0.3 is 0 Å². The topological polar surface area (TPSA) is 60.9 Å². The Labute approximate surface area is 176 Å². The zero-order chi connectivity index (χ0) is 19.6. The van der Waals surface area contributed by atoms with Crippen LogP contribution in [0.15, 0.2) is 17.0 Å². The number of hydrogen-bond donors (Lipinski definition) is 0. The first-order chi connectivity index (χ1) is 13.4. The van der Waals surface area contributed by atoms with Crippen molar-refractivity contribution in [3.8, 4) is 11.5 Å². The van der Waals surface area contributed by atoms with Crippen molar-refractivity contribution in [3.05, 3.63) is 27.4 Å². The minimum atomic E-state index is 0.379. The SMILES string of the molecule is CCC(C)(C)C1CCc2c(sc3ncn4nc(-c5c(Br)cnn5C)nc4c23)C1. The van der Waals surface area contributed by atoms with Gasteiger partial charge in [-0.05, 0) is 52.1 Å². The molecule has 0 fully saturated rings. The van der Waals surface area contributed by atoms with Crippen molar-refractivity contribution >= 4 is 43.1 Å². The molecule has 0 bridgehead atoms. The number of aromatic nitrogens is 6. The molecule has 8 heteroatoms. The highest BCUT2D eigenvalue weighted by molar-refractivity contribution is 9.10. The molecule has 0 spiro atoms. The van der Waals surface area contributed by atoms with Gasteiger partial charge in [-0.3, -0.25) is 4.68 Å². The van der Waals surface area contributed by atoms with E-state index < -0.39 is 0 Å². The molecule has 0 amide bonds. The molecule has 0 aromatic carbocycles. The van der Waals surface area contributed by atoms with Crippen LogP contribution in [0, 0.1) is 11.3 Å². The maximum Gasteiger partial charge on any atom is 0.201 e. The molecule has 0 radical (unpaired) electrons. The zero-order valence-electron chi connectivity index (χ0n) is 16.5. The summed E-state index contributed by atoms with van der Waals surface area (Å²) in [7, 11) is 1.90. The molecule has 146 valence electrons. The summed E-state index contributed by atoms with van der Waals surface area (Å²) in [6.07, 6.45) is 8.26. The van der Waals surface area contributed by atoms with Gasteiger partial charge in [0.2, 0.25) is 5.82 Å². The van der Waals surface area contributed by atoms with Gasteiger partial charge in [0.15, 0.2) is 5.65 Å². The van der Waals surface area contributed by atoms with Gasteiger partial charge in [0.25, 0.3) is 0 Å². The van der Waals surface area contributed by atoms with Crippen molar-refractivity contribution in [3.63, 3.8) is 0 Å². The number of halogens is 1. The van der Waals surface area contributed by atoms with Crippen molar-refractivity contribution in [2.75, 3.05) is 0 Å². The van der Waals surface area contributed by atoms with E-state index in [-0.39, 0.29) is 0 Å². The highest BCUT2D eigenvalue weighted by atomic mass is 79.9. The molecule has 4 aromatic heterocycles. The number of aryl methyl sites for hydroxylation is 2. The van der Waals surface area contributed by atoms with Gasteiger partial charge in [-0.25, -0.2) is 14.5 Å². The van der Waals surface area contributed by atoms with Crippen molar-refractivity contribution in [2.45, 2.75) is 46.5 Å². The molecule has 0 saturated carbocycles. The Morgan fingerprint density at radius 3 is 2.89 bits per heavy atom. The Morgan fingerprint density at radius 1 is 1.36 bits per heavy atom. The molecule has 1 atom stereocenters. The molecule has 0 saturated heterocycles. The van der Waals surface area contributed by atoms with Crippen LogP contribution in [0.3, 0.4) is 0 Å². The van der Waals surface area contributed by atoms with E-state index in [4.69, 9.17) is 9.97 Å². The first kappa shape index (κ1) is 18.2. The van der Waals surface area contributed by atoms with Crippen LogP contribution in [0.2, 0.25) is 0 Å². The monoisotopic (exact) mass is 458 g/mol. The Kier molecular flexibility index (Phi) is 4.14. The van der Waals surface area contributed by atoms with Crippen LogP contribution < -0.4 is 0 Å². The van der Waals surface area contributed by atoms with Gasteiger partial charge in [-0.2, -0.15) is 5.10 Å². The average Bonchev–Trinajstić information content (AvgIpc) is 3.34. The Morgan fingerprint density at radius 2 is 2.18 bits per heavy atom. The zero-order valence-corrected chi connectivity index (χ0v) is 18.9. The summed E-state index contributed by atoms with van der Waals surface area (Å²) < 4.78 is 4.50. The van der Waals surface area contributed by atoms with Crippen LogP contribution in [0.25, 0.3) is 27.4 Å². The molecule has 4 aromatic rings. The Balaban J connectivity index is 1.66. The molecular weight excluding hydrogens is 436 g/mol. The summed E-state index contributed by atoms with van der Waals surface area (Å²) in [5.74, 6) is 1.40. The Bertz CT molecular complexity index is 1180. The summed E-state index contributed by atoms with van der Waals surface area (Å²) in [4.78, 5) is 12.2. The van der Waals surface area contributed by atoms with E-state index in [1.165, 1.54) is 28.7 Å². The van der Waals surface area contributed by atoms with Gasteiger partial charge in [0, 0.05) is 11.9 Å². The van der Waals surface area contributed by atoms with E-state index >= 15 is 0 Å². The first-order valence-electron chi connectivity index (χ1n) is 9.72. The van der Waals surface area contributed by atoms with Gasteiger partial charge in [0.05, 0.1) is 16.1 Å². The normalized spacial score (nSPS) is 17.5. The summed E-state index contributed by atoms with van der Waals surface area (Å²) in [6, 6.07) is 0. The molecule has 4 heterocycles. The lowest BCUT2D eigenvalue weighted by molar-refractivity contribution is 0.184. The van der Waals surface area contributed by atoms with Crippen LogP contribution in [0.5, 0.6) is 0 Å². The van der Waals surface area contributed by atoms with Crippen molar-refractivity contribution in [1.29, 1.82) is 0 Å². The minimum Gasteiger partial charge on any atom is -0.263 e. The fraction of sp³-hybridized carbons (Fsp3) is 0.500. The molecule has 1 unspecified atom stereocenters. The third-order valence-corrected chi connectivity index (χ3v) is 8.25. The number of rotatable bonds is 3. The molecule has 5 rings (SSSR count). The van der Waals surface area contributed by atoms with E-state index in [0.717, 1.165) is 39.4 Å². The summed E-state index contributed by atoms with van der Waals surface area (Å²) >= 11 is 5.40. The maximum absolute atomic E-state index is 4.90. The number of nitrogens with zero attached hydrogens (tertiary/aromatic N) is 6. The second-order valence-electron chi connectivity index (χ2n) is 8.38. The van der Waals surface area contributed by atoms with E-state index in [2.05, 4.69) is 46.9 Å². The molecule has 6 nitrogen and oxygen atoms in total. The molecule has 28 heavy (non-hydrogen) atoms. The minimum absolute atomic E-state index is 0.379. The fourth-order valence-electron chi connectivity index (χ4n) is 4.29. The quantitative estimate of drug-likeness (QED) is 0.431. The highest BCUT2D eigenvalue weighted by Crippen LogP contribution is 2.45. The van der Waals surface area contributed by atoms with Crippen LogP contribution in [-0.2, 0) is 19.9 Å². The average molecular weight is 459 g/mol. The first-order valence-corrected chi connectivity index (χ1v) is 11.3. The largest absolute Gasteiger partial charge is 0.263 e. The predicted octanol–water partition coefficient (Wildman–Crippen LogP) is 5.04. The van der Waals surface area contributed by atoms with E-state index in [0.29, 0.717) is 11.2 Å². The molecule has 0 N–H and O–H groups in total. The second-order valence-corrected chi connectivity index (χ2v) is 10.3. The molecule has 0 aliphatic heterocycles. The van der Waals surface area contributed by atoms with E-state index in [9.17, 15) is 0 Å². The third kappa shape index (κ3) is 2.64. The molecule has 1 aliphatic rings. The molecule has 1 aliphatic carbocycles. The maximum atomic E-state index is 4.90. The van der Waals surface area contributed by atoms with Crippen LogP contribution in [0.1, 0.15) is 44.1 Å². The van der Waals surface area contributed by atoms with Gasteiger partial charge in [0.1, 0.15) is 16.9 Å². The second kappa shape index (κ2) is 6.35. The van der Waals surface area contributed by atoms with Crippen molar-refractivity contribution in [1.82, 2.24) is 29.4 Å². The third-order valence-electron chi connectivity index (χ3n) is 6.51. The lowest BCUT2D eigenvalue weighted by Gasteiger charge is -2.36. The summed E-state index contributed by atoms with van der Waals surface area (Å²) in [5, 5.41) is 10.2. The van der Waals surface area contributed by atoms with Gasteiger partial charge in [-0.15, -0.1) is 16.4 Å². The van der Waals surface area contributed by atoms with Crippen molar-refractivity contribution in [2.24, 2.45) is 18.4 Å². The molecular formula is C20H23BrN6S. The smallest absolute Gasteiger partial charge is 0.201 e. The number of fused-ring (bicyclic) bond motifs is 5. The van der Waals surface area contributed by atoms with Crippen LogP contribution in [0.4, 0.5) is 0 Å². The summed E-state index contributed by atoms with van der Waals surface area (Å²) in [6.45, 7) is 7.12. The van der Waals surface area contributed by atoms with Crippen LogP contribution >= 0.6 is 27.3 Å². The Hall–Kier alpha value is -1.80. The number of thiophene rings is 1. The number of hydrogen-bond acceptors (Lipinski definition) is 5. The van der Waals surface area contributed by atoms with Gasteiger partial charge in [-0.1, -0.05) is 27.2 Å². The lowest BCUT2D eigenvalue weighted by Crippen LogP contribution is -2.28. The fourth-order valence-corrected chi connectivity index (χ4v) is 6.08. The van der Waals surface area contributed by atoms with E-state index in [1.54, 1.807) is 17.2 Å². The van der Waals surface area contributed by atoms with Crippen LogP contribution in [-0.4, -0.2) is 29.4 Å².